The van der Waals surface area contributed by atoms with Crippen LogP contribution in [0, 0.1) is 0 Å². The van der Waals surface area contributed by atoms with Crippen LogP contribution in [0.2, 0.25) is 58.9 Å². The molecule has 0 aliphatic rings. The zero-order valence-electron chi connectivity index (χ0n) is 17.0. The first kappa shape index (κ1) is 20.8. The van der Waals surface area contributed by atoms with E-state index in [0.29, 0.717) is 0 Å². The van der Waals surface area contributed by atoms with E-state index in [4.69, 9.17) is 0 Å². The van der Waals surface area contributed by atoms with Gasteiger partial charge in [0.15, 0.2) is 0 Å². The maximum Gasteiger partial charge on any atom is 0.301 e. The summed E-state index contributed by atoms with van der Waals surface area (Å²) in [6, 6.07) is 7.73. The lowest BCUT2D eigenvalue weighted by molar-refractivity contribution is 0.260. The topological polar surface area (TPSA) is 47.8 Å². The molecule has 0 aliphatic heterocycles. The molecule has 0 saturated heterocycles. The standard InChI is InChI=1S/C16H31N3OSSi4/c1-22(2,3)25(23(4,5)6,24(7,8)9)21-16(20)19-15-13-11-10-12-14(15)17-18-19/h10-13H,1-9H3. The van der Waals surface area contributed by atoms with Gasteiger partial charge < -0.3 is 0 Å². The number of benzene rings is 1. The van der Waals surface area contributed by atoms with Crippen molar-refractivity contribution in [3.63, 3.8) is 0 Å². The van der Waals surface area contributed by atoms with E-state index in [0.717, 1.165) is 11.0 Å². The van der Waals surface area contributed by atoms with E-state index in [1.54, 1.807) is 15.9 Å². The first-order chi connectivity index (χ1) is 11.2. The molecule has 1 heterocycles. The number of nitrogens with zero attached hydrogens (tertiary/aromatic N) is 3. The average molecular weight is 426 g/mol. The van der Waals surface area contributed by atoms with Crippen LogP contribution < -0.4 is 0 Å². The lowest BCUT2D eigenvalue weighted by atomic mass is 10.3. The summed E-state index contributed by atoms with van der Waals surface area (Å²) < 4.78 is 1.54. The number of para-hydroxylation sites is 1. The van der Waals surface area contributed by atoms with Gasteiger partial charge in [0.25, 0.3) is 0 Å². The molecule has 0 spiro atoms. The third kappa shape index (κ3) is 3.53. The van der Waals surface area contributed by atoms with Gasteiger partial charge in [0.1, 0.15) is 11.3 Å². The lowest BCUT2D eigenvalue weighted by Gasteiger charge is -2.55. The van der Waals surface area contributed by atoms with E-state index in [1.165, 1.54) is 0 Å². The summed E-state index contributed by atoms with van der Waals surface area (Å²) in [6.45, 7) is 22.5. The van der Waals surface area contributed by atoms with Gasteiger partial charge in [0, 0.05) is 22.8 Å². The van der Waals surface area contributed by atoms with Crippen molar-refractivity contribution in [1.82, 2.24) is 15.0 Å². The van der Waals surface area contributed by atoms with E-state index in [1.807, 2.05) is 24.3 Å². The Morgan fingerprint density at radius 2 is 1.36 bits per heavy atom. The van der Waals surface area contributed by atoms with Crippen LogP contribution in [0.1, 0.15) is 0 Å². The molecule has 0 radical (unpaired) electrons. The van der Waals surface area contributed by atoms with Crippen LogP contribution in [0.25, 0.3) is 11.0 Å². The smallest absolute Gasteiger partial charge is 0.260 e. The van der Waals surface area contributed by atoms with Crippen molar-refractivity contribution in [2.75, 3.05) is 0 Å². The zero-order chi connectivity index (χ0) is 19.3. The molecule has 9 heteroatoms. The molecule has 0 unspecified atom stereocenters. The Kier molecular flexibility index (Phi) is 5.49. The predicted octanol–water partition coefficient (Wildman–Crippen LogP) is 5.33. The highest BCUT2D eigenvalue weighted by Gasteiger charge is 2.63. The van der Waals surface area contributed by atoms with Gasteiger partial charge in [-0.1, -0.05) is 87.5 Å². The van der Waals surface area contributed by atoms with Crippen molar-refractivity contribution in [3.8, 4) is 0 Å². The van der Waals surface area contributed by atoms with Crippen molar-refractivity contribution < 1.29 is 4.79 Å². The fraction of sp³-hybridized carbons (Fsp3) is 0.562. The highest BCUT2D eigenvalue weighted by molar-refractivity contribution is 8.56. The number of rotatable bonds is 4. The monoisotopic (exact) mass is 425 g/mol. The molecule has 0 bridgehead atoms. The Hall–Kier alpha value is -0.492. The molecular weight excluding hydrogens is 395 g/mol. The summed E-state index contributed by atoms with van der Waals surface area (Å²) in [7, 11) is -4.52. The van der Waals surface area contributed by atoms with E-state index in [-0.39, 0.29) is 5.24 Å². The molecule has 0 N–H and O–H groups in total. The fourth-order valence-corrected chi connectivity index (χ4v) is 109. The van der Waals surface area contributed by atoms with Crippen molar-refractivity contribution in [3.05, 3.63) is 24.3 Å². The van der Waals surface area contributed by atoms with Crippen molar-refractivity contribution in [1.29, 1.82) is 0 Å². The molecule has 4 nitrogen and oxygen atoms in total. The molecule has 138 valence electrons. The number of carbonyl (C=O) groups excluding carboxylic acids is 1. The number of fused-ring (bicyclic) bond motifs is 1. The Morgan fingerprint density at radius 1 is 0.880 bits per heavy atom. The molecule has 1 aromatic carbocycles. The van der Waals surface area contributed by atoms with Gasteiger partial charge in [0.05, 0.1) is 5.52 Å². The highest BCUT2D eigenvalue weighted by atomic mass is 32.4. The van der Waals surface area contributed by atoms with Crippen LogP contribution in [-0.2, 0) is 0 Å². The maximum atomic E-state index is 13.4. The molecular formula is C16H31N3OSSi4. The summed E-state index contributed by atoms with van der Waals surface area (Å²) in [5.74, 6) is -1.81. The van der Waals surface area contributed by atoms with Gasteiger partial charge in [-0.25, -0.2) is 0 Å². The fourth-order valence-electron chi connectivity index (χ4n) is 5.01. The quantitative estimate of drug-likeness (QED) is 0.621. The van der Waals surface area contributed by atoms with Gasteiger partial charge in [-0.2, -0.15) is 4.68 Å². The Morgan fingerprint density at radius 3 is 1.84 bits per heavy atom. The van der Waals surface area contributed by atoms with Gasteiger partial charge in [-0.3, -0.25) is 4.79 Å². The number of carbonyl (C=O) groups is 1. The molecule has 2 aromatic rings. The van der Waals surface area contributed by atoms with Gasteiger partial charge in [-0.05, 0) is 12.1 Å². The Balaban J connectivity index is 2.59. The molecule has 0 saturated carbocycles. The van der Waals surface area contributed by atoms with Crippen LogP contribution in [0.15, 0.2) is 24.3 Å². The van der Waals surface area contributed by atoms with E-state index in [2.05, 4.69) is 69.2 Å². The maximum absolute atomic E-state index is 13.4. The Bertz CT molecular complexity index is 751. The summed E-state index contributed by atoms with van der Waals surface area (Å²) >= 11 is 1.73. The van der Waals surface area contributed by atoms with Gasteiger partial charge >= 0.3 is 5.24 Å². The van der Waals surface area contributed by atoms with Crippen molar-refractivity contribution in [2.45, 2.75) is 58.9 Å². The molecule has 25 heavy (non-hydrogen) atoms. The van der Waals surface area contributed by atoms with Crippen molar-refractivity contribution in [2.24, 2.45) is 0 Å². The van der Waals surface area contributed by atoms with Crippen molar-refractivity contribution >= 4 is 56.0 Å². The Labute approximate surface area is 158 Å². The van der Waals surface area contributed by atoms with E-state index in [9.17, 15) is 4.79 Å². The number of hydrogen-bond donors (Lipinski definition) is 0. The average Bonchev–Trinajstić information content (AvgIpc) is 2.84. The minimum absolute atomic E-state index is 0.0904. The highest BCUT2D eigenvalue weighted by Crippen LogP contribution is 2.45. The predicted molar refractivity (Wildman–Crippen MR) is 122 cm³/mol. The first-order valence-corrected chi connectivity index (χ1v) is 25.8. The normalized spacial score (nSPS) is 14.1. The molecule has 2 rings (SSSR count). The summed E-state index contributed by atoms with van der Waals surface area (Å²) in [5.41, 5.74) is 1.61. The van der Waals surface area contributed by atoms with Crippen LogP contribution in [0.3, 0.4) is 0 Å². The lowest BCUT2D eigenvalue weighted by Crippen LogP contribution is -2.81. The molecule has 0 fully saturated rings. The largest absolute Gasteiger partial charge is 0.301 e. The minimum atomic E-state index is -1.81. The molecule has 0 amide bonds. The first-order valence-electron chi connectivity index (χ1n) is 8.76. The third-order valence-electron chi connectivity index (χ3n) is 4.93. The summed E-state index contributed by atoms with van der Waals surface area (Å²) in [5, 5.41) is 8.47. The van der Waals surface area contributed by atoms with E-state index >= 15 is 0 Å². The third-order valence-corrected chi connectivity index (χ3v) is 92.2. The number of hydrogen-bond acceptors (Lipinski definition) is 4. The molecule has 0 atom stereocenters. The van der Waals surface area contributed by atoms with Gasteiger partial charge in [-0.15, -0.1) is 5.10 Å². The summed E-state index contributed by atoms with van der Waals surface area (Å²) in [6.07, 6.45) is 0. The minimum Gasteiger partial charge on any atom is -0.260 e. The van der Waals surface area contributed by atoms with Crippen LogP contribution in [0.4, 0.5) is 4.79 Å². The molecule has 0 aliphatic carbocycles. The van der Waals surface area contributed by atoms with Crippen LogP contribution in [0.5, 0.6) is 0 Å². The second-order valence-electron chi connectivity index (χ2n) is 9.79. The number of aromatic nitrogens is 3. The van der Waals surface area contributed by atoms with Crippen LogP contribution in [-0.4, -0.2) is 48.8 Å². The SMILES string of the molecule is C[Si](C)(C)[Si](SC(=O)n1nnc2ccccc21)([Si](C)(C)C)[Si](C)(C)C. The second kappa shape index (κ2) is 6.59. The van der Waals surface area contributed by atoms with Crippen LogP contribution >= 0.6 is 11.2 Å². The second-order valence-corrected chi connectivity index (χ2v) is 55.7. The molecule has 1 aromatic heterocycles. The van der Waals surface area contributed by atoms with Gasteiger partial charge in [0.2, 0.25) is 0 Å². The summed E-state index contributed by atoms with van der Waals surface area (Å²) in [4.78, 5) is 13.4. The zero-order valence-corrected chi connectivity index (χ0v) is 21.8. The van der Waals surface area contributed by atoms with E-state index < -0.39 is 28.6 Å².